The smallest absolute Gasteiger partial charge is 0.251 e. The van der Waals surface area contributed by atoms with Gasteiger partial charge in [0.15, 0.2) is 16.6 Å². The van der Waals surface area contributed by atoms with Crippen LogP contribution in [0.5, 0.6) is 11.5 Å². The van der Waals surface area contributed by atoms with Crippen LogP contribution in [-0.4, -0.2) is 78.8 Å². The standard InChI is InChI=1S/C28H37N5O3S/c1-19(2)33(20(3)4)10-9-29-27(34)22-6-7-23-26(16-22)37-28(30-23)32-13-11-31(12-14-32)17-21-5-8-24-25(15-21)36-18-35-24/h5-8,15-16,19-20H,9-14,17-18H2,1-4H3,(H,29,34). The predicted octanol–water partition coefficient (Wildman–Crippen LogP) is 4.20. The van der Waals surface area contributed by atoms with Crippen LogP contribution in [0.1, 0.15) is 43.6 Å². The first-order chi connectivity index (χ1) is 17.9. The number of amides is 1. The molecule has 37 heavy (non-hydrogen) atoms. The lowest BCUT2D eigenvalue weighted by Gasteiger charge is -2.34. The highest BCUT2D eigenvalue weighted by Crippen LogP contribution is 2.33. The average molecular weight is 524 g/mol. The van der Waals surface area contributed by atoms with Crippen molar-refractivity contribution in [1.82, 2.24) is 20.1 Å². The third-order valence-electron chi connectivity index (χ3n) is 7.11. The van der Waals surface area contributed by atoms with Crippen molar-refractivity contribution in [3.05, 3.63) is 47.5 Å². The maximum absolute atomic E-state index is 12.8. The Hall–Kier alpha value is -2.88. The number of nitrogens with one attached hydrogen (secondary N) is 1. The molecule has 198 valence electrons. The number of anilines is 1. The van der Waals surface area contributed by atoms with Gasteiger partial charge in [-0.1, -0.05) is 17.4 Å². The van der Waals surface area contributed by atoms with E-state index in [-0.39, 0.29) is 5.91 Å². The quantitative estimate of drug-likeness (QED) is 0.451. The zero-order valence-corrected chi connectivity index (χ0v) is 23.0. The summed E-state index contributed by atoms with van der Waals surface area (Å²) in [5, 5.41) is 4.11. The molecule has 8 nitrogen and oxygen atoms in total. The van der Waals surface area contributed by atoms with Crippen molar-refractivity contribution in [2.75, 3.05) is 51.0 Å². The van der Waals surface area contributed by atoms with Crippen molar-refractivity contribution in [3.8, 4) is 11.5 Å². The molecule has 0 bridgehead atoms. The summed E-state index contributed by atoms with van der Waals surface area (Å²) in [6.07, 6.45) is 0. The maximum atomic E-state index is 12.8. The number of rotatable bonds is 9. The van der Waals surface area contributed by atoms with E-state index < -0.39 is 0 Å². The van der Waals surface area contributed by atoms with Gasteiger partial charge >= 0.3 is 0 Å². The fourth-order valence-corrected chi connectivity index (χ4v) is 6.15. The first-order valence-corrected chi connectivity index (χ1v) is 14.0. The van der Waals surface area contributed by atoms with Gasteiger partial charge in [-0.2, -0.15) is 0 Å². The zero-order chi connectivity index (χ0) is 25.9. The summed E-state index contributed by atoms with van der Waals surface area (Å²) < 4.78 is 12.0. The van der Waals surface area contributed by atoms with E-state index in [1.165, 1.54) is 5.56 Å². The van der Waals surface area contributed by atoms with E-state index in [1.54, 1.807) is 11.3 Å². The number of thiazole rings is 1. The number of ether oxygens (including phenoxy) is 2. The van der Waals surface area contributed by atoms with Gasteiger partial charge in [-0.15, -0.1) is 0 Å². The van der Waals surface area contributed by atoms with E-state index in [1.807, 2.05) is 24.3 Å². The number of fused-ring (bicyclic) bond motifs is 2. The van der Waals surface area contributed by atoms with E-state index >= 15 is 0 Å². The second-order valence-electron chi connectivity index (χ2n) is 10.3. The lowest BCUT2D eigenvalue weighted by atomic mass is 10.1. The highest BCUT2D eigenvalue weighted by atomic mass is 32.1. The van der Waals surface area contributed by atoms with Crippen LogP contribution in [0.15, 0.2) is 36.4 Å². The summed E-state index contributed by atoms with van der Waals surface area (Å²) in [4.78, 5) is 24.9. The molecule has 1 aromatic heterocycles. The third-order valence-corrected chi connectivity index (χ3v) is 8.19. The molecule has 1 fully saturated rings. The molecule has 0 atom stereocenters. The van der Waals surface area contributed by atoms with E-state index in [0.717, 1.165) is 66.1 Å². The van der Waals surface area contributed by atoms with Gasteiger partial charge in [0.2, 0.25) is 6.79 Å². The Kier molecular flexibility index (Phi) is 7.83. The largest absolute Gasteiger partial charge is 0.454 e. The van der Waals surface area contributed by atoms with Crippen LogP contribution in [0.4, 0.5) is 5.13 Å². The lowest BCUT2D eigenvalue weighted by Crippen LogP contribution is -2.45. The number of nitrogens with zero attached hydrogens (tertiary/aromatic N) is 4. The number of carbonyl (C=O) groups excluding carboxylic acids is 1. The molecular formula is C28H37N5O3S. The Bertz CT molecular complexity index is 1230. The molecule has 9 heteroatoms. The summed E-state index contributed by atoms with van der Waals surface area (Å²) in [6.45, 7) is 15.3. The van der Waals surface area contributed by atoms with E-state index in [4.69, 9.17) is 14.5 Å². The van der Waals surface area contributed by atoms with Crippen LogP contribution in [0.3, 0.4) is 0 Å². The molecule has 2 aliphatic heterocycles. The molecule has 1 amide bonds. The molecule has 2 aromatic carbocycles. The van der Waals surface area contributed by atoms with Crippen molar-refractivity contribution in [3.63, 3.8) is 0 Å². The lowest BCUT2D eigenvalue weighted by molar-refractivity contribution is 0.0939. The normalized spacial score (nSPS) is 15.9. The molecule has 3 aromatic rings. The number of carbonyl (C=O) groups is 1. The van der Waals surface area contributed by atoms with Gasteiger partial charge in [-0.25, -0.2) is 4.98 Å². The first kappa shape index (κ1) is 25.8. The second kappa shape index (κ2) is 11.2. The third kappa shape index (κ3) is 6.00. The summed E-state index contributed by atoms with van der Waals surface area (Å²) in [5.74, 6) is 1.64. The monoisotopic (exact) mass is 523 g/mol. The Labute approximate surface area is 223 Å². The fourth-order valence-electron chi connectivity index (χ4n) is 5.10. The molecular weight excluding hydrogens is 486 g/mol. The summed E-state index contributed by atoms with van der Waals surface area (Å²) in [5.41, 5.74) is 2.88. The van der Waals surface area contributed by atoms with Gasteiger partial charge < -0.3 is 19.7 Å². The van der Waals surface area contributed by atoms with Crippen molar-refractivity contribution < 1.29 is 14.3 Å². The topological polar surface area (TPSA) is 70.2 Å². The number of benzene rings is 2. The van der Waals surface area contributed by atoms with E-state index in [0.29, 0.717) is 31.0 Å². The molecule has 0 aliphatic carbocycles. The van der Waals surface area contributed by atoms with Gasteiger partial charge in [0.05, 0.1) is 10.2 Å². The molecule has 0 saturated carbocycles. The van der Waals surface area contributed by atoms with Gasteiger partial charge in [0.1, 0.15) is 0 Å². The van der Waals surface area contributed by atoms with Crippen LogP contribution in [0, 0.1) is 0 Å². The predicted molar refractivity (Wildman–Crippen MR) is 149 cm³/mol. The number of aromatic nitrogens is 1. The summed E-state index contributed by atoms with van der Waals surface area (Å²) in [7, 11) is 0. The van der Waals surface area contributed by atoms with Gasteiger partial charge in [0, 0.05) is 63.5 Å². The molecule has 0 unspecified atom stereocenters. The molecule has 0 spiro atoms. The first-order valence-electron chi connectivity index (χ1n) is 13.2. The Balaban J connectivity index is 1.15. The molecule has 3 heterocycles. The van der Waals surface area contributed by atoms with Crippen molar-refractivity contribution in [2.45, 2.75) is 46.3 Å². The van der Waals surface area contributed by atoms with E-state index in [2.05, 4.69) is 59.8 Å². The van der Waals surface area contributed by atoms with Gasteiger partial charge in [0.25, 0.3) is 5.91 Å². The van der Waals surface area contributed by atoms with Gasteiger partial charge in [-0.05, 0) is 63.6 Å². The highest BCUT2D eigenvalue weighted by Gasteiger charge is 2.22. The Morgan fingerprint density at radius 3 is 2.54 bits per heavy atom. The van der Waals surface area contributed by atoms with Gasteiger partial charge in [-0.3, -0.25) is 14.6 Å². The minimum Gasteiger partial charge on any atom is -0.454 e. The number of hydrogen-bond acceptors (Lipinski definition) is 8. The van der Waals surface area contributed by atoms with Crippen molar-refractivity contribution in [1.29, 1.82) is 0 Å². The number of hydrogen-bond donors (Lipinski definition) is 1. The highest BCUT2D eigenvalue weighted by molar-refractivity contribution is 7.22. The summed E-state index contributed by atoms with van der Waals surface area (Å²) in [6, 6.07) is 12.9. The maximum Gasteiger partial charge on any atom is 0.251 e. The Morgan fingerprint density at radius 2 is 1.78 bits per heavy atom. The molecule has 1 N–H and O–H groups in total. The van der Waals surface area contributed by atoms with E-state index in [9.17, 15) is 4.79 Å². The van der Waals surface area contributed by atoms with Crippen LogP contribution in [0.25, 0.3) is 10.2 Å². The Morgan fingerprint density at radius 1 is 1.03 bits per heavy atom. The van der Waals surface area contributed by atoms with Crippen molar-refractivity contribution in [2.24, 2.45) is 0 Å². The fraction of sp³-hybridized carbons (Fsp3) is 0.500. The van der Waals surface area contributed by atoms with Crippen molar-refractivity contribution >= 4 is 32.6 Å². The minimum atomic E-state index is -0.0264. The SMILES string of the molecule is CC(C)N(CCNC(=O)c1ccc2nc(N3CCN(Cc4ccc5c(c4)OCO5)CC3)sc2c1)C(C)C. The molecule has 2 aliphatic rings. The van der Waals surface area contributed by atoms with Crippen LogP contribution in [0.2, 0.25) is 0 Å². The molecule has 0 radical (unpaired) electrons. The van der Waals surface area contributed by atoms with Crippen LogP contribution < -0.4 is 19.7 Å². The minimum absolute atomic E-state index is 0.0264. The second-order valence-corrected chi connectivity index (χ2v) is 11.3. The molecule has 1 saturated heterocycles. The number of piperazine rings is 1. The average Bonchev–Trinajstić information content (AvgIpc) is 3.52. The zero-order valence-electron chi connectivity index (χ0n) is 22.2. The van der Waals surface area contributed by atoms with Crippen LogP contribution in [-0.2, 0) is 6.54 Å². The molecule has 5 rings (SSSR count). The van der Waals surface area contributed by atoms with Crippen LogP contribution >= 0.6 is 11.3 Å². The summed E-state index contributed by atoms with van der Waals surface area (Å²) >= 11 is 1.67.